The van der Waals surface area contributed by atoms with Gasteiger partial charge in [0.1, 0.15) is 0 Å². The standard InChI is InChI=1S/C21H35N5.HI/c1-2-25-14-8-12-19(25)15-23-21(22)24-16-20-11-6-7-13-26(20)17-18-9-4-3-5-10-18;/h3-5,9-10,19-20H,2,6-8,11-17H2,1H3,(H3,22,23,24);1H. The van der Waals surface area contributed by atoms with Crippen molar-refractivity contribution in [3.63, 3.8) is 0 Å². The number of likely N-dealkylation sites (tertiary alicyclic amines) is 2. The van der Waals surface area contributed by atoms with Crippen molar-refractivity contribution in [3.05, 3.63) is 35.9 Å². The molecule has 0 spiro atoms. The van der Waals surface area contributed by atoms with Gasteiger partial charge in [-0.25, -0.2) is 0 Å². The Balaban J connectivity index is 0.00000261. The van der Waals surface area contributed by atoms with Crippen LogP contribution in [-0.2, 0) is 6.54 Å². The van der Waals surface area contributed by atoms with Crippen LogP contribution in [0, 0.1) is 0 Å². The van der Waals surface area contributed by atoms with Gasteiger partial charge in [-0.3, -0.25) is 14.8 Å². The minimum absolute atomic E-state index is 0. The van der Waals surface area contributed by atoms with E-state index in [1.807, 2.05) is 0 Å². The lowest BCUT2D eigenvalue weighted by Crippen LogP contribution is -2.48. The van der Waals surface area contributed by atoms with Crippen molar-refractivity contribution in [2.45, 2.75) is 57.7 Å². The number of nitrogens with zero attached hydrogens (tertiary/aromatic N) is 3. The number of hydrogen-bond acceptors (Lipinski definition) is 3. The molecule has 6 heteroatoms. The summed E-state index contributed by atoms with van der Waals surface area (Å²) in [7, 11) is 0. The van der Waals surface area contributed by atoms with Gasteiger partial charge in [-0.1, -0.05) is 43.7 Å². The van der Waals surface area contributed by atoms with Crippen molar-refractivity contribution in [2.75, 3.05) is 32.7 Å². The van der Waals surface area contributed by atoms with Gasteiger partial charge < -0.3 is 11.1 Å². The molecule has 152 valence electrons. The maximum absolute atomic E-state index is 6.16. The third-order valence-corrected chi connectivity index (χ3v) is 5.87. The quantitative estimate of drug-likeness (QED) is 0.354. The van der Waals surface area contributed by atoms with E-state index in [1.54, 1.807) is 0 Å². The number of hydrogen-bond donors (Lipinski definition) is 2. The van der Waals surface area contributed by atoms with E-state index in [-0.39, 0.29) is 24.0 Å². The third-order valence-electron chi connectivity index (χ3n) is 5.87. The molecule has 27 heavy (non-hydrogen) atoms. The van der Waals surface area contributed by atoms with Crippen LogP contribution in [0.4, 0.5) is 0 Å². The summed E-state index contributed by atoms with van der Waals surface area (Å²) in [5, 5.41) is 3.39. The number of benzene rings is 1. The maximum Gasteiger partial charge on any atom is 0.188 e. The molecule has 2 aliphatic rings. The second-order valence-electron chi connectivity index (χ2n) is 7.64. The molecule has 3 rings (SSSR count). The van der Waals surface area contributed by atoms with Gasteiger partial charge in [0.15, 0.2) is 5.96 Å². The fourth-order valence-corrected chi connectivity index (χ4v) is 4.32. The van der Waals surface area contributed by atoms with Gasteiger partial charge in [0, 0.05) is 25.2 Å². The summed E-state index contributed by atoms with van der Waals surface area (Å²) >= 11 is 0. The normalized spacial score (nSPS) is 24.6. The Morgan fingerprint density at radius 1 is 1.07 bits per heavy atom. The Kier molecular flexibility index (Phi) is 9.86. The summed E-state index contributed by atoms with van der Waals surface area (Å²) in [6, 6.07) is 11.9. The van der Waals surface area contributed by atoms with Gasteiger partial charge >= 0.3 is 0 Å². The summed E-state index contributed by atoms with van der Waals surface area (Å²) in [5.74, 6) is 0.609. The predicted octanol–water partition coefficient (Wildman–Crippen LogP) is 3.05. The Bertz CT molecular complexity index is 565. The largest absolute Gasteiger partial charge is 0.370 e. The number of aliphatic imine (C=N–C) groups is 1. The van der Waals surface area contributed by atoms with E-state index in [4.69, 9.17) is 5.73 Å². The first-order valence-electron chi connectivity index (χ1n) is 10.3. The smallest absolute Gasteiger partial charge is 0.188 e. The summed E-state index contributed by atoms with van der Waals surface area (Å²) < 4.78 is 0. The summed E-state index contributed by atoms with van der Waals surface area (Å²) in [5.41, 5.74) is 7.55. The van der Waals surface area contributed by atoms with Crippen LogP contribution in [0.5, 0.6) is 0 Å². The fourth-order valence-electron chi connectivity index (χ4n) is 4.32. The van der Waals surface area contributed by atoms with Crippen LogP contribution in [0.2, 0.25) is 0 Å². The maximum atomic E-state index is 6.16. The predicted molar refractivity (Wildman–Crippen MR) is 125 cm³/mol. The lowest BCUT2D eigenvalue weighted by molar-refractivity contribution is 0.141. The van der Waals surface area contributed by atoms with E-state index in [2.05, 4.69) is 57.4 Å². The third kappa shape index (κ3) is 6.91. The molecule has 0 radical (unpaired) electrons. The SMILES string of the molecule is CCN1CCCC1CN=C(N)NCC1CCCCN1Cc1ccccc1.I. The molecule has 5 nitrogen and oxygen atoms in total. The first-order chi connectivity index (χ1) is 12.8. The highest BCUT2D eigenvalue weighted by Crippen LogP contribution is 2.19. The molecule has 3 N–H and O–H groups in total. The molecule has 0 saturated carbocycles. The lowest BCUT2D eigenvalue weighted by atomic mass is 10.0. The van der Waals surface area contributed by atoms with Crippen LogP contribution in [0.1, 0.15) is 44.6 Å². The minimum atomic E-state index is 0. The van der Waals surface area contributed by atoms with E-state index in [1.165, 1.54) is 50.8 Å². The molecule has 1 aromatic rings. The second-order valence-corrected chi connectivity index (χ2v) is 7.64. The first kappa shape index (κ1) is 22.4. The van der Waals surface area contributed by atoms with Crippen molar-refractivity contribution in [1.82, 2.24) is 15.1 Å². The number of piperidine rings is 1. The molecule has 0 aromatic heterocycles. The van der Waals surface area contributed by atoms with Crippen LogP contribution < -0.4 is 11.1 Å². The highest BCUT2D eigenvalue weighted by Gasteiger charge is 2.24. The number of nitrogens with one attached hydrogen (secondary N) is 1. The monoisotopic (exact) mass is 485 g/mol. The lowest BCUT2D eigenvalue weighted by Gasteiger charge is -2.36. The van der Waals surface area contributed by atoms with Gasteiger partial charge in [0.05, 0.1) is 6.54 Å². The van der Waals surface area contributed by atoms with Crippen molar-refractivity contribution in [2.24, 2.45) is 10.7 Å². The average Bonchev–Trinajstić information content (AvgIpc) is 3.14. The Labute approximate surface area is 181 Å². The number of halogens is 1. The van der Waals surface area contributed by atoms with E-state index >= 15 is 0 Å². The zero-order chi connectivity index (χ0) is 18.2. The summed E-state index contributed by atoms with van der Waals surface area (Å²) in [4.78, 5) is 9.73. The molecule has 1 aromatic carbocycles. The van der Waals surface area contributed by atoms with E-state index < -0.39 is 0 Å². The van der Waals surface area contributed by atoms with Crippen LogP contribution in [0.15, 0.2) is 35.3 Å². The number of rotatable bonds is 7. The topological polar surface area (TPSA) is 56.9 Å². The number of likely N-dealkylation sites (N-methyl/N-ethyl adjacent to an activating group) is 1. The van der Waals surface area contributed by atoms with Crippen molar-refractivity contribution >= 4 is 29.9 Å². The van der Waals surface area contributed by atoms with Crippen molar-refractivity contribution < 1.29 is 0 Å². The molecule has 2 heterocycles. The molecule has 2 atom stereocenters. The Morgan fingerprint density at radius 2 is 1.81 bits per heavy atom. The molecule has 0 amide bonds. The van der Waals surface area contributed by atoms with Crippen LogP contribution in [-0.4, -0.2) is 60.6 Å². The molecule has 2 unspecified atom stereocenters. The van der Waals surface area contributed by atoms with Crippen molar-refractivity contribution in [1.29, 1.82) is 0 Å². The Hall–Kier alpha value is -0.860. The molecular weight excluding hydrogens is 449 g/mol. The van der Waals surface area contributed by atoms with Gasteiger partial charge in [-0.2, -0.15) is 0 Å². The van der Waals surface area contributed by atoms with Gasteiger partial charge in [-0.05, 0) is 50.9 Å². The highest BCUT2D eigenvalue weighted by atomic mass is 127. The van der Waals surface area contributed by atoms with E-state index in [9.17, 15) is 0 Å². The van der Waals surface area contributed by atoms with Gasteiger partial charge in [0.25, 0.3) is 0 Å². The first-order valence-corrected chi connectivity index (χ1v) is 10.3. The average molecular weight is 485 g/mol. The molecule has 0 bridgehead atoms. The van der Waals surface area contributed by atoms with Gasteiger partial charge in [-0.15, -0.1) is 24.0 Å². The summed E-state index contributed by atoms with van der Waals surface area (Å²) in [6.07, 6.45) is 6.37. The van der Waals surface area contributed by atoms with Crippen LogP contribution in [0.25, 0.3) is 0 Å². The highest BCUT2D eigenvalue weighted by molar-refractivity contribution is 14.0. The van der Waals surface area contributed by atoms with E-state index in [0.717, 1.165) is 26.2 Å². The zero-order valence-electron chi connectivity index (χ0n) is 16.6. The number of guanidine groups is 1. The van der Waals surface area contributed by atoms with E-state index in [0.29, 0.717) is 18.0 Å². The van der Waals surface area contributed by atoms with Crippen LogP contribution >= 0.6 is 24.0 Å². The van der Waals surface area contributed by atoms with Crippen molar-refractivity contribution in [3.8, 4) is 0 Å². The molecule has 0 aliphatic carbocycles. The molecule has 2 fully saturated rings. The molecule has 2 saturated heterocycles. The Morgan fingerprint density at radius 3 is 2.59 bits per heavy atom. The zero-order valence-corrected chi connectivity index (χ0v) is 19.0. The second kappa shape index (κ2) is 11.9. The molecular formula is C21H36IN5. The minimum Gasteiger partial charge on any atom is -0.370 e. The van der Waals surface area contributed by atoms with Gasteiger partial charge in [0.2, 0.25) is 0 Å². The fraction of sp³-hybridized carbons (Fsp3) is 0.667. The number of nitrogens with two attached hydrogens (primary N) is 1. The summed E-state index contributed by atoms with van der Waals surface area (Å²) in [6.45, 7) is 8.47. The molecule has 2 aliphatic heterocycles. The van der Waals surface area contributed by atoms with Crippen LogP contribution in [0.3, 0.4) is 0 Å².